The number of rotatable bonds is 74. The van der Waals surface area contributed by atoms with Crippen LogP contribution in [0.25, 0.3) is 0 Å². The summed E-state index contributed by atoms with van der Waals surface area (Å²) < 4.78 is 68.5. The van der Waals surface area contributed by atoms with Gasteiger partial charge < -0.3 is 33.8 Å². The summed E-state index contributed by atoms with van der Waals surface area (Å²) in [5, 5.41) is 10.6. The Hall–Kier alpha value is -1.94. The lowest BCUT2D eigenvalue weighted by Gasteiger charge is -2.21. The van der Waals surface area contributed by atoms with Gasteiger partial charge >= 0.3 is 39.5 Å². The standard InChI is InChI=1S/C77H150O17P2/c1-9-70(8)56-48-40-32-24-20-16-13-14-17-21-25-33-41-49-57-74(79)87-63-72(93-76(81)59-51-43-34-26-22-18-12-10-11-15-19-23-29-37-45-53-67(2)3)65-91-95(83,84)89-61-71(78)62-90-96(85,86)92-66-73(94-77(82)60-52-44-36-28-31-39-47-55-69(6)7)64-88-75(80)58-50-42-35-27-30-38-46-54-68(4)5/h67-73,78H,9-66H2,1-8H3,(H,83,84)(H,85,86)/t70?,71?,72-,73-/m1/s1. The molecular weight excluding hydrogens is 1260 g/mol. The smallest absolute Gasteiger partial charge is 0.462 e. The predicted molar refractivity (Wildman–Crippen MR) is 391 cm³/mol. The normalized spacial score (nSPS) is 14.4. The summed E-state index contributed by atoms with van der Waals surface area (Å²) in [6.45, 7) is 14.2. The van der Waals surface area contributed by atoms with Gasteiger partial charge in [0.15, 0.2) is 12.2 Å². The largest absolute Gasteiger partial charge is 0.472 e. The van der Waals surface area contributed by atoms with Crippen molar-refractivity contribution < 1.29 is 80.2 Å². The van der Waals surface area contributed by atoms with E-state index in [1.165, 1.54) is 186 Å². The zero-order valence-electron chi connectivity index (χ0n) is 63.0. The van der Waals surface area contributed by atoms with Crippen LogP contribution in [0.2, 0.25) is 0 Å². The maximum atomic E-state index is 13.1. The second kappa shape index (κ2) is 66.3. The van der Waals surface area contributed by atoms with E-state index in [4.69, 9.17) is 37.0 Å². The van der Waals surface area contributed by atoms with Crippen molar-refractivity contribution in [3.63, 3.8) is 0 Å². The SMILES string of the molecule is CCC(C)CCCCCCCCCCCCCCCCC(=O)OC[C@H](COP(=O)(O)OCC(O)COP(=O)(O)OC[C@@H](COC(=O)CCCCCCCCCC(C)C)OC(=O)CCCCCCCCCC(C)C)OC(=O)CCCCCCCCCCCCCCCCCC(C)C. The zero-order valence-corrected chi connectivity index (χ0v) is 64.8. The van der Waals surface area contributed by atoms with E-state index in [9.17, 15) is 43.2 Å². The number of hydrogen-bond acceptors (Lipinski definition) is 15. The molecule has 570 valence electrons. The topological polar surface area (TPSA) is 237 Å². The van der Waals surface area contributed by atoms with Crippen LogP contribution < -0.4 is 0 Å². The Kier molecular flexibility index (Phi) is 65.0. The summed E-state index contributed by atoms with van der Waals surface area (Å²) in [6, 6.07) is 0. The second-order valence-electron chi connectivity index (χ2n) is 29.4. The molecule has 96 heavy (non-hydrogen) atoms. The van der Waals surface area contributed by atoms with Crippen LogP contribution in [0.1, 0.15) is 389 Å². The molecule has 3 N–H and O–H groups in total. The van der Waals surface area contributed by atoms with Gasteiger partial charge in [-0.3, -0.25) is 37.3 Å². The number of unbranched alkanes of at least 4 members (excludes halogenated alkanes) is 39. The lowest BCUT2D eigenvalue weighted by molar-refractivity contribution is -0.161. The first kappa shape index (κ1) is 94.1. The number of carbonyl (C=O) groups is 4. The van der Waals surface area contributed by atoms with Crippen molar-refractivity contribution in [3.05, 3.63) is 0 Å². The summed E-state index contributed by atoms with van der Waals surface area (Å²) in [7, 11) is -9.91. The van der Waals surface area contributed by atoms with Crippen LogP contribution in [0.5, 0.6) is 0 Å². The summed E-state index contributed by atoms with van der Waals surface area (Å²) in [5.41, 5.74) is 0. The zero-order chi connectivity index (χ0) is 71.0. The van der Waals surface area contributed by atoms with Crippen molar-refractivity contribution in [1.29, 1.82) is 0 Å². The molecule has 19 heteroatoms. The third-order valence-electron chi connectivity index (χ3n) is 18.2. The van der Waals surface area contributed by atoms with Crippen LogP contribution in [-0.2, 0) is 65.4 Å². The Balaban J connectivity index is 5.22. The summed E-state index contributed by atoms with van der Waals surface area (Å²) >= 11 is 0. The summed E-state index contributed by atoms with van der Waals surface area (Å²) in [4.78, 5) is 72.8. The molecule has 0 aromatic heterocycles. The van der Waals surface area contributed by atoms with Crippen molar-refractivity contribution in [2.24, 2.45) is 23.7 Å². The molecule has 0 amide bonds. The van der Waals surface area contributed by atoms with Crippen LogP contribution >= 0.6 is 15.6 Å². The van der Waals surface area contributed by atoms with Gasteiger partial charge in [-0.05, 0) is 49.4 Å². The van der Waals surface area contributed by atoms with Gasteiger partial charge in [0.2, 0.25) is 0 Å². The highest BCUT2D eigenvalue weighted by Crippen LogP contribution is 2.45. The first-order valence-corrected chi connectivity index (χ1v) is 42.7. The molecule has 0 saturated carbocycles. The number of ether oxygens (including phenoxy) is 4. The van der Waals surface area contributed by atoms with Gasteiger partial charge in [0.05, 0.1) is 26.4 Å². The van der Waals surface area contributed by atoms with E-state index in [2.05, 4.69) is 55.4 Å². The van der Waals surface area contributed by atoms with Gasteiger partial charge in [-0.15, -0.1) is 0 Å². The number of phosphoric ester groups is 2. The molecule has 0 heterocycles. The molecule has 0 spiro atoms. The highest BCUT2D eigenvalue weighted by Gasteiger charge is 2.30. The highest BCUT2D eigenvalue weighted by atomic mass is 31.2. The van der Waals surface area contributed by atoms with Gasteiger partial charge in [0.1, 0.15) is 19.3 Å². The molecule has 0 aromatic rings. The Morgan fingerprint density at radius 1 is 0.292 bits per heavy atom. The van der Waals surface area contributed by atoms with Gasteiger partial charge in [-0.25, -0.2) is 9.13 Å². The fourth-order valence-electron chi connectivity index (χ4n) is 11.7. The van der Waals surface area contributed by atoms with E-state index < -0.39 is 97.5 Å². The van der Waals surface area contributed by atoms with E-state index in [1.807, 2.05) is 0 Å². The molecule has 0 aliphatic heterocycles. The summed E-state index contributed by atoms with van der Waals surface area (Å²) in [5.74, 6) is 0.931. The van der Waals surface area contributed by atoms with Crippen molar-refractivity contribution in [2.75, 3.05) is 39.6 Å². The van der Waals surface area contributed by atoms with Gasteiger partial charge in [-0.1, -0.05) is 338 Å². The molecule has 0 aliphatic rings. The van der Waals surface area contributed by atoms with Crippen LogP contribution in [0.3, 0.4) is 0 Å². The highest BCUT2D eigenvalue weighted by molar-refractivity contribution is 7.47. The first-order chi connectivity index (χ1) is 46.1. The molecule has 0 aliphatic carbocycles. The quantitative estimate of drug-likeness (QED) is 0.0222. The van der Waals surface area contributed by atoms with E-state index in [0.29, 0.717) is 37.5 Å². The molecule has 0 radical (unpaired) electrons. The molecule has 0 bridgehead atoms. The average molecular weight is 1410 g/mol. The fraction of sp³-hybridized carbons (Fsp3) is 0.948. The fourth-order valence-corrected chi connectivity index (χ4v) is 13.3. The Labute approximate surface area is 588 Å². The lowest BCUT2D eigenvalue weighted by Crippen LogP contribution is -2.30. The maximum Gasteiger partial charge on any atom is 0.472 e. The number of hydrogen-bond donors (Lipinski definition) is 3. The molecular formula is C77H150O17P2. The van der Waals surface area contributed by atoms with E-state index in [-0.39, 0.29) is 25.7 Å². The minimum Gasteiger partial charge on any atom is -0.462 e. The van der Waals surface area contributed by atoms with Gasteiger partial charge in [-0.2, -0.15) is 0 Å². The van der Waals surface area contributed by atoms with Gasteiger partial charge in [0, 0.05) is 25.7 Å². The predicted octanol–water partition coefficient (Wildman–Crippen LogP) is 22.4. The molecule has 0 rings (SSSR count). The lowest BCUT2D eigenvalue weighted by atomic mass is 9.99. The number of aliphatic hydroxyl groups is 1. The van der Waals surface area contributed by atoms with Crippen LogP contribution in [0.4, 0.5) is 0 Å². The van der Waals surface area contributed by atoms with Crippen LogP contribution in [0, 0.1) is 23.7 Å². The third kappa shape index (κ3) is 69.2. The number of carbonyl (C=O) groups excluding carboxylic acids is 4. The molecule has 6 atom stereocenters. The molecule has 4 unspecified atom stereocenters. The van der Waals surface area contributed by atoms with Gasteiger partial charge in [0.25, 0.3) is 0 Å². The number of phosphoric acid groups is 2. The Morgan fingerprint density at radius 2 is 0.500 bits per heavy atom. The van der Waals surface area contributed by atoms with E-state index in [0.717, 1.165) is 108 Å². The van der Waals surface area contributed by atoms with Crippen molar-refractivity contribution in [2.45, 2.75) is 408 Å². The van der Waals surface area contributed by atoms with Crippen LogP contribution in [0.15, 0.2) is 0 Å². The van der Waals surface area contributed by atoms with E-state index >= 15 is 0 Å². The molecule has 0 saturated heterocycles. The summed E-state index contributed by atoms with van der Waals surface area (Å²) in [6.07, 6.45) is 51.5. The molecule has 17 nitrogen and oxygen atoms in total. The number of aliphatic hydroxyl groups excluding tert-OH is 1. The van der Waals surface area contributed by atoms with Crippen LogP contribution in [-0.4, -0.2) is 96.7 Å². The minimum absolute atomic E-state index is 0.102. The third-order valence-corrected chi connectivity index (χ3v) is 20.1. The molecule has 0 aromatic carbocycles. The Bertz CT molecular complexity index is 1890. The molecule has 0 fully saturated rings. The Morgan fingerprint density at radius 3 is 0.740 bits per heavy atom. The van der Waals surface area contributed by atoms with Crippen molar-refractivity contribution in [1.82, 2.24) is 0 Å². The first-order valence-electron chi connectivity index (χ1n) is 39.7. The average Bonchev–Trinajstić information content (AvgIpc) is 2.97. The minimum atomic E-state index is -4.96. The van der Waals surface area contributed by atoms with Crippen molar-refractivity contribution in [3.8, 4) is 0 Å². The number of esters is 4. The van der Waals surface area contributed by atoms with Crippen molar-refractivity contribution >= 4 is 39.5 Å². The maximum absolute atomic E-state index is 13.1. The van der Waals surface area contributed by atoms with E-state index in [1.54, 1.807) is 0 Å². The second-order valence-corrected chi connectivity index (χ2v) is 32.3. The monoisotopic (exact) mass is 1410 g/mol.